The van der Waals surface area contributed by atoms with Gasteiger partial charge in [-0.25, -0.2) is 4.39 Å². The third-order valence-electron chi connectivity index (χ3n) is 9.78. The molecule has 48 heavy (non-hydrogen) atoms. The molecule has 1 saturated heterocycles. The Morgan fingerprint density at radius 3 is 2.23 bits per heavy atom. The highest BCUT2D eigenvalue weighted by molar-refractivity contribution is 5.99. The third-order valence-corrected chi connectivity index (χ3v) is 9.78. The van der Waals surface area contributed by atoms with Crippen molar-refractivity contribution in [3.63, 3.8) is 0 Å². The second-order valence-electron chi connectivity index (χ2n) is 13.1. The van der Waals surface area contributed by atoms with E-state index in [1.165, 1.54) is 47.9 Å². The van der Waals surface area contributed by atoms with Gasteiger partial charge in [0.2, 0.25) is 11.8 Å². The molecule has 3 amide bonds. The molecule has 252 valence electrons. The van der Waals surface area contributed by atoms with Crippen molar-refractivity contribution < 1.29 is 31.9 Å². The average Bonchev–Trinajstić information content (AvgIpc) is 3.71. The first-order chi connectivity index (χ1) is 22.8. The Kier molecular flexibility index (Phi) is 9.06. The van der Waals surface area contributed by atoms with Gasteiger partial charge in [-0.1, -0.05) is 43.2 Å². The summed E-state index contributed by atoms with van der Waals surface area (Å²) in [5.74, 6) is -3.65. The number of carbonyl (C=O) groups is 3. The van der Waals surface area contributed by atoms with Crippen LogP contribution in [-0.2, 0) is 15.8 Å². The van der Waals surface area contributed by atoms with Gasteiger partial charge in [0.15, 0.2) is 0 Å². The molecule has 6 rings (SSSR count). The number of amides is 3. The van der Waals surface area contributed by atoms with Crippen molar-refractivity contribution >= 4 is 29.1 Å². The zero-order chi connectivity index (χ0) is 34.3. The van der Waals surface area contributed by atoms with Gasteiger partial charge in [-0.3, -0.25) is 14.4 Å². The molecule has 7 nitrogen and oxygen atoms in total. The summed E-state index contributed by atoms with van der Waals surface area (Å²) < 4.78 is 56.6. The Hall–Kier alpha value is -4.67. The molecule has 3 unspecified atom stereocenters. The minimum atomic E-state index is -4.62. The summed E-state index contributed by atoms with van der Waals surface area (Å²) in [6.45, 7) is 4.57. The van der Waals surface area contributed by atoms with E-state index in [1.54, 1.807) is 19.2 Å². The Labute approximate surface area is 277 Å². The second-order valence-corrected chi connectivity index (χ2v) is 13.1. The van der Waals surface area contributed by atoms with Crippen molar-refractivity contribution in [2.75, 3.05) is 17.2 Å². The number of carbonyl (C=O) groups excluding carboxylic acids is 3. The number of alkyl halides is 3. The molecule has 11 heteroatoms. The van der Waals surface area contributed by atoms with Crippen LogP contribution >= 0.6 is 0 Å². The van der Waals surface area contributed by atoms with Crippen LogP contribution in [0.2, 0.25) is 0 Å². The number of benzene rings is 3. The Bertz CT molecular complexity index is 1740. The number of nitrogens with zero attached hydrogens (tertiary/aromatic N) is 2. The topological polar surface area (TPSA) is 81.8 Å². The smallest absolute Gasteiger partial charge is 0.382 e. The minimum Gasteiger partial charge on any atom is -0.382 e. The van der Waals surface area contributed by atoms with Crippen LogP contribution in [0.1, 0.15) is 77.7 Å². The predicted molar refractivity (Wildman–Crippen MR) is 174 cm³/mol. The number of hydrogen-bond acceptors (Lipinski definition) is 4. The number of anilines is 2. The molecule has 0 radical (unpaired) electrons. The number of aryl methyl sites for hydroxylation is 2. The van der Waals surface area contributed by atoms with Crippen LogP contribution in [0.5, 0.6) is 0 Å². The van der Waals surface area contributed by atoms with E-state index >= 15 is 4.39 Å². The van der Waals surface area contributed by atoms with Crippen molar-refractivity contribution in [3.05, 3.63) is 106 Å². The Morgan fingerprint density at radius 2 is 1.58 bits per heavy atom. The van der Waals surface area contributed by atoms with Crippen molar-refractivity contribution in [2.24, 2.45) is 11.8 Å². The van der Waals surface area contributed by atoms with Crippen LogP contribution in [0, 0.1) is 31.5 Å². The van der Waals surface area contributed by atoms with Gasteiger partial charge in [-0.15, -0.1) is 0 Å². The number of halogens is 4. The quantitative estimate of drug-likeness (QED) is 0.263. The lowest BCUT2D eigenvalue weighted by Gasteiger charge is -2.44. The fraction of sp³-hybridized carbons (Fsp3) is 0.378. The van der Waals surface area contributed by atoms with E-state index in [4.69, 9.17) is 0 Å². The van der Waals surface area contributed by atoms with Crippen LogP contribution in [0.3, 0.4) is 0 Å². The molecule has 3 aromatic carbocycles. The fourth-order valence-corrected chi connectivity index (χ4v) is 7.32. The molecule has 1 saturated carbocycles. The summed E-state index contributed by atoms with van der Waals surface area (Å²) in [5, 5.41) is 6.22. The van der Waals surface area contributed by atoms with Gasteiger partial charge in [0.25, 0.3) is 5.91 Å². The fourth-order valence-electron chi connectivity index (χ4n) is 7.32. The van der Waals surface area contributed by atoms with Crippen LogP contribution in [0.15, 0.2) is 72.6 Å². The van der Waals surface area contributed by atoms with E-state index in [9.17, 15) is 27.6 Å². The van der Waals surface area contributed by atoms with Gasteiger partial charge in [-0.05, 0) is 80.1 Å². The van der Waals surface area contributed by atoms with Gasteiger partial charge in [0, 0.05) is 48.7 Å². The van der Waals surface area contributed by atoms with E-state index in [-0.39, 0.29) is 35.7 Å². The van der Waals surface area contributed by atoms with Crippen molar-refractivity contribution in [1.29, 1.82) is 0 Å². The summed E-state index contributed by atoms with van der Waals surface area (Å²) in [4.78, 5) is 44.2. The molecule has 3 atom stereocenters. The van der Waals surface area contributed by atoms with Crippen LogP contribution in [0.4, 0.5) is 28.9 Å². The summed E-state index contributed by atoms with van der Waals surface area (Å²) in [6.07, 6.45) is 1.61. The highest BCUT2D eigenvalue weighted by atomic mass is 19.4. The molecule has 0 aromatic heterocycles. The number of piperidine rings is 1. The van der Waals surface area contributed by atoms with Crippen LogP contribution < -0.4 is 10.6 Å². The summed E-state index contributed by atoms with van der Waals surface area (Å²) in [5.41, 5.74) is 1.32. The standard InChI is InChI=1S/C37H38F4N4O3/c1-21-11-14-28(18-30(21)37(39,40)41)43-35(47)29-17-25-19-44(23(3)46)20-32(25)45(36(48)33-22(2)7-6-10-31(33)38)34(29)24-12-15-27(16-13-24)42-26-8-4-5-9-26/h6-7,10-16,18,20,25-26,29,34,42H,4-5,8-9,17,19H2,1-3H3,(H,43,47). The summed E-state index contributed by atoms with van der Waals surface area (Å²) >= 11 is 0. The first-order valence-electron chi connectivity index (χ1n) is 16.2. The monoisotopic (exact) mass is 662 g/mol. The van der Waals surface area contributed by atoms with E-state index in [0.717, 1.165) is 37.4 Å². The lowest BCUT2D eigenvalue weighted by molar-refractivity contribution is -0.138. The number of likely N-dealkylation sites (tertiary alicyclic amines) is 1. The number of fused-ring (bicyclic) bond motifs is 1. The number of hydrogen-bond donors (Lipinski definition) is 2. The zero-order valence-corrected chi connectivity index (χ0v) is 27.0. The maximum atomic E-state index is 15.4. The molecule has 0 bridgehead atoms. The normalized spacial score (nSPS) is 21.1. The minimum absolute atomic E-state index is 0.0180. The third kappa shape index (κ3) is 6.55. The van der Waals surface area contributed by atoms with E-state index in [2.05, 4.69) is 10.6 Å². The van der Waals surface area contributed by atoms with Crippen molar-refractivity contribution in [2.45, 2.75) is 71.1 Å². The van der Waals surface area contributed by atoms with Gasteiger partial charge < -0.3 is 20.4 Å². The van der Waals surface area contributed by atoms with Gasteiger partial charge >= 0.3 is 6.18 Å². The maximum Gasteiger partial charge on any atom is 0.416 e. The van der Waals surface area contributed by atoms with E-state index < -0.39 is 47.2 Å². The molecule has 3 aliphatic rings. The lowest BCUT2D eigenvalue weighted by atomic mass is 9.77. The first-order valence-corrected chi connectivity index (χ1v) is 16.2. The van der Waals surface area contributed by atoms with Crippen LogP contribution in [-0.4, -0.2) is 40.1 Å². The van der Waals surface area contributed by atoms with E-state index in [0.29, 0.717) is 22.9 Å². The molecule has 3 aromatic rings. The predicted octanol–water partition coefficient (Wildman–Crippen LogP) is 7.98. The molecular formula is C37H38F4N4O3. The first kappa shape index (κ1) is 33.2. The van der Waals surface area contributed by atoms with Gasteiger partial charge in [0.1, 0.15) is 5.82 Å². The van der Waals surface area contributed by atoms with Gasteiger partial charge in [-0.2, -0.15) is 13.2 Å². The molecular weight excluding hydrogens is 624 g/mol. The highest BCUT2D eigenvalue weighted by Gasteiger charge is 2.49. The molecule has 2 fully saturated rings. The van der Waals surface area contributed by atoms with Crippen LogP contribution in [0.25, 0.3) is 0 Å². The Balaban J connectivity index is 1.44. The van der Waals surface area contributed by atoms with Gasteiger partial charge in [0.05, 0.1) is 23.1 Å². The van der Waals surface area contributed by atoms with E-state index in [1.807, 2.05) is 24.3 Å². The molecule has 2 N–H and O–H groups in total. The van der Waals surface area contributed by atoms with Crippen molar-refractivity contribution in [3.8, 4) is 0 Å². The van der Waals surface area contributed by atoms with Crippen molar-refractivity contribution in [1.82, 2.24) is 9.80 Å². The molecule has 0 spiro atoms. The largest absolute Gasteiger partial charge is 0.416 e. The Morgan fingerprint density at radius 1 is 0.896 bits per heavy atom. The number of rotatable bonds is 6. The molecule has 2 heterocycles. The summed E-state index contributed by atoms with van der Waals surface area (Å²) in [7, 11) is 0. The maximum absolute atomic E-state index is 15.4. The average molecular weight is 663 g/mol. The summed E-state index contributed by atoms with van der Waals surface area (Å²) in [6, 6.07) is 14.7. The second kappa shape index (κ2) is 13.1. The molecule has 1 aliphatic carbocycles. The zero-order valence-electron chi connectivity index (χ0n) is 27.0. The SMILES string of the molecule is CC(=O)N1C=C2C(CC(C(=O)Nc3ccc(C)c(C(F)(F)F)c3)C(c3ccc(NC4CCCC4)cc3)N2C(=O)c2c(C)cccc2F)C1. The number of nitrogens with one attached hydrogen (secondary N) is 2. The molecule has 2 aliphatic heterocycles. The lowest BCUT2D eigenvalue weighted by Crippen LogP contribution is -2.48. The highest BCUT2D eigenvalue weighted by Crippen LogP contribution is 2.48.